The quantitative estimate of drug-likeness (QED) is 0.751. The van der Waals surface area contributed by atoms with Gasteiger partial charge in [0.2, 0.25) is 0 Å². The smallest absolute Gasteiger partial charge is 0.168 e. The summed E-state index contributed by atoms with van der Waals surface area (Å²) in [5.74, 6) is 0.0120. The number of halogens is 2. The molecule has 0 aliphatic rings. The van der Waals surface area contributed by atoms with Crippen molar-refractivity contribution in [3.8, 4) is 0 Å². The lowest BCUT2D eigenvalue weighted by molar-refractivity contribution is 0.0993. The van der Waals surface area contributed by atoms with Crippen LogP contribution in [0.3, 0.4) is 0 Å². The third-order valence-corrected chi connectivity index (χ3v) is 3.03. The highest BCUT2D eigenvalue weighted by atomic mass is 35.5. The number of hydrogen-bond donors (Lipinski definition) is 0. The van der Waals surface area contributed by atoms with Gasteiger partial charge in [-0.2, -0.15) is 0 Å². The van der Waals surface area contributed by atoms with E-state index < -0.39 is 0 Å². The zero-order valence-electron chi connectivity index (χ0n) is 8.99. The van der Waals surface area contributed by atoms with Gasteiger partial charge < -0.3 is 0 Å². The van der Waals surface area contributed by atoms with Crippen LogP contribution in [0.1, 0.15) is 15.9 Å². The molecule has 17 heavy (non-hydrogen) atoms. The summed E-state index contributed by atoms with van der Waals surface area (Å²) < 4.78 is 0. The van der Waals surface area contributed by atoms with Gasteiger partial charge in [0.05, 0.1) is 5.02 Å². The molecule has 0 heterocycles. The zero-order valence-corrected chi connectivity index (χ0v) is 10.5. The molecule has 2 rings (SSSR count). The van der Waals surface area contributed by atoms with Gasteiger partial charge in [-0.3, -0.25) is 4.79 Å². The van der Waals surface area contributed by atoms with Crippen LogP contribution in [0, 0.1) is 0 Å². The standard InChI is InChI=1S/C14H10Cl2O/c15-11-7-5-10(6-8-11)9-14(17)12-3-1-2-4-13(12)16/h1-8H,9H2. The Morgan fingerprint density at radius 3 is 2.24 bits per heavy atom. The van der Waals surface area contributed by atoms with E-state index in [2.05, 4.69) is 0 Å². The Morgan fingerprint density at radius 1 is 0.941 bits per heavy atom. The average molecular weight is 265 g/mol. The number of ketones is 1. The summed E-state index contributed by atoms with van der Waals surface area (Å²) >= 11 is 11.8. The molecular weight excluding hydrogens is 255 g/mol. The first kappa shape index (κ1) is 12.2. The van der Waals surface area contributed by atoms with E-state index >= 15 is 0 Å². The van der Waals surface area contributed by atoms with Crippen molar-refractivity contribution >= 4 is 29.0 Å². The Kier molecular flexibility index (Phi) is 3.82. The van der Waals surface area contributed by atoms with Gasteiger partial charge >= 0.3 is 0 Å². The highest BCUT2D eigenvalue weighted by Gasteiger charge is 2.10. The minimum absolute atomic E-state index is 0.0120. The Labute approximate surface area is 110 Å². The van der Waals surface area contributed by atoms with Gasteiger partial charge in [0.1, 0.15) is 0 Å². The van der Waals surface area contributed by atoms with Crippen molar-refractivity contribution in [3.63, 3.8) is 0 Å². The van der Waals surface area contributed by atoms with Gasteiger partial charge in [-0.15, -0.1) is 0 Å². The second-order valence-electron chi connectivity index (χ2n) is 3.71. The summed E-state index contributed by atoms with van der Waals surface area (Å²) in [5, 5.41) is 1.16. The Bertz CT molecular complexity index is 532. The maximum absolute atomic E-state index is 12.0. The fraction of sp³-hybridized carbons (Fsp3) is 0.0714. The van der Waals surface area contributed by atoms with Crippen molar-refractivity contribution < 1.29 is 4.79 Å². The van der Waals surface area contributed by atoms with Crippen LogP contribution in [0.25, 0.3) is 0 Å². The molecule has 3 heteroatoms. The highest BCUT2D eigenvalue weighted by molar-refractivity contribution is 6.34. The van der Waals surface area contributed by atoms with Crippen LogP contribution in [-0.4, -0.2) is 5.78 Å². The summed E-state index contributed by atoms with van der Waals surface area (Å²) in [7, 11) is 0. The number of rotatable bonds is 3. The maximum atomic E-state index is 12.0. The number of benzene rings is 2. The minimum Gasteiger partial charge on any atom is -0.294 e. The molecular formula is C14H10Cl2O. The van der Waals surface area contributed by atoms with E-state index in [1.54, 1.807) is 36.4 Å². The number of Topliss-reactive ketones (excluding diaryl/α,β-unsaturated/α-hetero) is 1. The van der Waals surface area contributed by atoms with Crippen LogP contribution in [0.5, 0.6) is 0 Å². The molecule has 0 spiro atoms. The van der Waals surface area contributed by atoms with E-state index in [1.807, 2.05) is 12.1 Å². The zero-order chi connectivity index (χ0) is 12.3. The molecule has 0 amide bonds. The number of carbonyl (C=O) groups excluding carboxylic acids is 1. The van der Waals surface area contributed by atoms with Crippen LogP contribution < -0.4 is 0 Å². The lowest BCUT2D eigenvalue weighted by Gasteiger charge is -2.03. The summed E-state index contributed by atoms with van der Waals surface area (Å²) in [6, 6.07) is 14.3. The molecule has 0 bridgehead atoms. The topological polar surface area (TPSA) is 17.1 Å². The first-order chi connectivity index (χ1) is 8.16. The second-order valence-corrected chi connectivity index (χ2v) is 4.55. The molecule has 1 nitrogen and oxygen atoms in total. The van der Waals surface area contributed by atoms with Crippen molar-refractivity contribution in [2.45, 2.75) is 6.42 Å². The van der Waals surface area contributed by atoms with Crippen LogP contribution in [0.15, 0.2) is 48.5 Å². The normalized spacial score (nSPS) is 10.2. The van der Waals surface area contributed by atoms with Crippen LogP contribution >= 0.6 is 23.2 Å². The van der Waals surface area contributed by atoms with Crippen LogP contribution in [0.4, 0.5) is 0 Å². The first-order valence-electron chi connectivity index (χ1n) is 5.19. The van der Waals surface area contributed by atoms with E-state index in [-0.39, 0.29) is 5.78 Å². The van der Waals surface area contributed by atoms with Gasteiger partial charge in [0, 0.05) is 17.0 Å². The molecule has 0 N–H and O–H groups in total. The minimum atomic E-state index is 0.0120. The molecule has 2 aromatic rings. The fourth-order valence-electron chi connectivity index (χ4n) is 1.57. The van der Waals surface area contributed by atoms with Crippen molar-refractivity contribution in [1.29, 1.82) is 0 Å². The summed E-state index contributed by atoms with van der Waals surface area (Å²) in [5.41, 5.74) is 1.49. The fourth-order valence-corrected chi connectivity index (χ4v) is 1.94. The largest absolute Gasteiger partial charge is 0.294 e. The van der Waals surface area contributed by atoms with Gasteiger partial charge in [0.25, 0.3) is 0 Å². The SMILES string of the molecule is O=C(Cc1ccc(Cl)cc1)c1ccccc1Cl. The monoisotopic (exact) mass is 264 g/mol. The van der Waals surface area contributed by atoms with Gasteiger partial charge in [-0.05, 0) is 29.8 Å². The van der Waals surface area contributed by atoms with Crippen molar-refractivity contribution in [2.24, 2.45) is 0 Å². The molecule has 0 fully saturated rings. The van der Waals surface area contributed by atoms with Crippen molar-refractivity contribution in [2.75, 3.05) is 0 Å². The number of hydrogen-bond acceptors (Lipinski definition) is 1. The van der Waals surface area contributed by atoms with E-state index in [9.17, 15) is 4.79 Å². The lowest BCUT2D eigenvalue weighted by atomic mass is 10.0. The third-order valence-electron chi connectivity index (χ3n) is 2.45. The van der Waals surface area contributed by atoms with Gasteiger partial charge in [-0.1, -0.05) is 47.5 Å². The highest BCUT2D eigenvalue weighted by Crippen LogP contribution is 2.18. The lowest BCUT2D eigenvalue weighted by Crippen LogP contribution is -2.03. The van der Waals surface area contributed by atoms with Gasteiger partial charge in [0.15, 0.2) is 5.78 Å². The maximum Gasteiger partial charge on any atom is 0.168 e. The summed E-state index contributed by atoms with van der Waals surface area (Å²) in [6.07, 6.45) is 0.334. The molecule has 86 valence electrons. The Balaban J connectivity index is 2.17. The predicted octanol–water partition coefficient (Wildman–Crippen LogP) is 4.42. The molecule has 0 saturated carbocycles. The number of carbonyl (C=O) groups is 1. The van der Waals surface area contributed by atoms with Gasteiger partial charge in [-0.25, -0.2) is 0 Å². The van der Waals surface area contributed by atoms with E-state index in [0.29, 0.717) is 22.0 Å². The Morgan fingerprint density at radius 2 is 1.59 bits per heavy atom. The average Bonchev–Trinajstić information content (AvgIpc) is 2.32. The molecule has 0 aliphatic heterocycles. The first-order valence-corrected chi connectivity index (χ1v) is 5.94. The molecule has 0 atom stereocenters. The summed E-state index contributed by atoms with van der Waals surface area (Å²) in [4.78, 5) is 12.0. The Hall–Kier alpha value is -1.31. The summed E-state index contributed by atoms with van der Waals surface area (Å²) in [6.45, 7) is 0. The molecule has 0 aliphatic carbocycles. The van der Waals surface area contributed by atoms with Crippen molar-refractivity contribution in [1.82, 2.24) is 0 Å². The molecule has 0 radical (unpaired) electrons. The van der Waals surface area contributed by atoms with Crippen molar-refractivity contribution in [3.05, 3.63) is 69.7 Å². The van der Waals surface area contributed by atoms with Crippen LogP contribution in [0.2, 0.25) is 10.0 Å². The molecule has 0 unspecified atom stereocenters. The van der Waals surface area contributed by atoms with E-state index in [0.717, 1.165) is 5.56 Å². The molecule has 0 aromatic heterocycles. The second kappa shape index (κ2) is 5.35. The third kappa shape index (κ3) is 3.09. The molecule has 2 aromatic carbocycles. The molecule has 0 saturated heterocycles. The van der Waals surface area contributed by atoms with E-state index in [1.165, 1.54) is 0 Å². The van der Waals surface area contributed by atoms with Crippen LogP contribution in [-0.2, 0) is 6.42 Å². The predicted molar refractivity (Wildman–Crippen MR) is 70.9 cm³/mol. The van der Waals surface area contributed by atoms with E-state index in [4.69, 9.17) is 23.2 Å².